The molecule has 3 heterocycles. The monoisotopic (exact) mass is 417 g/mol. The van der Waals surface area contributed by atoms with E-state index in [9.17, 15) is 4.79 Å². The fourth-order valence-corrected chi connectivity index (χ4v) is 4.00. The number of nitrogens with zero attached hydrogens (tertiary/aromatic N) is 3. The number of benzene rings is 1. The molecule has 1 amide bonds. The SMILES string of the molecule is CCc1ccc(CN(Cc2cccnc2)C(=O)Cc2csc(-c3ccco3)n2)cc1. The van der Waals surface area contributed by atoms with Crippen LogP contribution >= 0.6 is 11.3 Å². The van der Waals surface area contributed by atoms with Crippen molar-refractivity contribution in [2.45, 2.75) is 32.9 Å². The molecule has 0 unspecified atom stereocenters. The lowest BCUT2D eigenvalue weighted by Gasteiger charge is -2.23. The third-order valence-electron chi connectivity index (χ3n) is 4.87. The van der Waals surface area contributed by atoms with Gasteiger partial charge in [0.2, 0.25) is 5.91 Å². The number of hydrogen-bond acceptors (Lipinski definition) is 5. The Kier molecular flexibility index (Phi) is 6.35. The predicted molar refractivity (Wildman–Crippen MR) is 118 cm³/mol. The molecule has 4 rings (SSSR count). The van der Waals surface area contributed by atoms with Crippen molar-refractivity contribution in [3.8, 4) is 10.8 Å². The van der Waals surface area contributed by atoms with Gasteiger partial charge in [-0.2, -0.15) is 0 Å². The Morgan fingerprint density at radius 2 is 1.83 bits per heavy atom. The standard InChI is InChI=1S/C24H23N3O2S/c1-2-18-7-9-19(10-8-18)15-27(16-20-5-3-11-25-14-20)23(28)13-21-17-30-24(26-21)22-6-4-12-29-22/h3-12,14,17H,2,13,15-16H2,1H3. The third-order valence-corrected chi connectivity index (χ3v) is 5.78. The summed E-state index contributed by atoms with van der Waals surface area (Å²) in [5.41, 5.74) is 4.16. The molecule has 0 saturated heterocycles. The zero-order chi connectivity index (χ0) is 20.8. The number of aromatic nitrogens is 2. The van der Waals surface area contributed by atoms with E-state index in [-0.39, 0.29) is 12.3 Å². The first-order valence-electron chi connectivity index (χ1n) is 9.94. The summed E-state index contributed by atoms with van der Waals surface area (Å²) in [6, 6.07) is 16.0. The van der Waals surface area contributed by atoms with Gasteiger partial charge in [0.25, 0.3) is 0 Å². The van der Waals surface area contributed by atoms with E-state index in [1.807, 2.05) is 34.5 Å². The Balaban J connectivity index is 1.50. The second-order valence-electron chi connectivity index (χ2n) is 7.08. The fraction of sp³-hybridized carbons (Fsp3) is 0.208. The number of carbonyl (C=O) groups excluding carboxylic acids is 1. The van der Waals surface area contributed by atoms with Gasteiger partial charge in [0.15, 0.2) is 10.8 Å². The zero-order valence-electron chi connectivity index (χ0n) is 16.8. The van der Waals surface area contributed by atoms with E-state index in [1.165, 1.54) is 16.9 Å². The lowest BCUT2D eigenvalue weighted by atomic mass is 10.1. The highest BCUT2D eigenvalue weighted by atomic mass is 32.1. The number of rotatable bonds is 8. The van der Waals surface area contributed by atoms with Crippen LogP contribution in [0.1, 0.15) is 29.3 Å². The minimum Gasteiger partial charge on any atom is -0.462 e. The summed E-state index contributed by atoms with van der Waals surface area (Å²) in [6.07, 6.45) is 6.43. The van der Waals surface area contributed by atoms with Gasteiger partial charge >= 0.3 is 0 Å². The molecule has 6 heteroatoms. The largest absolute Gasteiger partial charge is 0.462 e. The van der Waals surface area contributed by atoms with Crippen LogP contribution in [-0.4, -0.2) is 20.8 Å². The highest BCUT2D eigenvalue weighted by Gasteiger charge is 2.18. The van der Waals surface area contributed by atoms with Crippen LogP contribution in [0.25, 0.3) is 10.8 Å². The molecule has 0 N–H and O–H groups in total. The summed E-state index contributed by atoms with van der Waals surface area (Å²) < 4.78 is 5.41. The van der Waals surface area contributed by atoms with Crippen molar-refractivity contribution < 1.29 is 9.21 Å². The van der Waals surface area contributed by atoms with Crippen LogP contribution in [0.5, 0.6) is 0 Å². The molecular formula is C24H23N3O2S. The first-order valence-corrected chi connectivity index (χ1v) is 10.8. The Labute approximate surface area is 180 Å². The summed E-state index contributed by atoms with van der Waals surface area (Å²) in [4.78, 5) is 23.8. The van der Waals surface area contributed by atoms with E-state index >= 15 is 0 Å². The molecule has 152 valence electrons. The predicted octanol–water partition coefficient (Wildman–Crippen LogP) is 5.13. The number of pyridine rings is 1. The van der Waals surface area contributed by atoms with E-state index in [0.717, 1.165) is 34.0 Å². The number of amides is 1. The first kappa shape index (κ1) is 20.0. The molecule has 0 saturated carbocycles. The Bertz CT molecular complexity index is 1070. The van der Waals surface area contributed by atoms with Crippen LogP contribution in [0, 0.1) is 0 Å². The van der Waals surface area contributed by atoms with Gasteiger partial charge < -0.3 is 9.32 Å². The van der Waals surface area contributed by atoms with Crippen LogP contribution in [0.4, 0.5) is 0 Å². The number of hydrogen-bond donors (Lipinski definition) is 0. The van der Waals surface area contributed by atoms with Gasteiger partial charge in [-0.15, -0.1) is 11.3 Å². The van der Waals surface area contributed by atoms with Crippen LogP contribution in [0.15, 0.2) is 77.0 Å². The highest BCUT2D eigenvalue weighted by Crippen LogP contribution is 2.24. The fourth-order valence-electron chi connectivity index (χ4n) is 3.21. The van der Waals surface area contributed by atoms with Crippen LogP contribution in [0.2, 0.25) is 0 Å². The average molecular weight is 418 g/mol. The average Bonchev–Trinajstić information content (AvgIpc) is 3.46. The Morgan fingerprint density at radius 3 is 2.53 bits per heavy atom. The van der Waals surface area contributed by atoms with Gasteiger partial charge in [-0.05, 0) is 41.3 Å². The van der Waals surface area contributed by atoms with Crippen molar-refractivity contribution in [1.29, 1.82) is 0 Å². The molecule has 0 spiro atoms. The van der Waals surface area contributed by atoms with E-state index in [2.05, 4.69) is 41.2 Å². The van der Waals surface area contributed by atoms with Crippen molar-refractivity contribution >= 4 is 17.2 Å². The third kappa shape index (κ3) is 5.02. The summed E-state index contributed by atoms with van der Waals surface area (Å²) in [5.74, 6) is 0.761. The first-order chi connectivity index (χ1) is 14.7. The smallest absolute Gasteiger partial charge is 0.229 e. The minimum absolute atomic E-state index is 0.0368. The van der Waals surface area contributed by atoms with Crippen LogP contribution in [-0.2, 0) is 30.7 Å². The Morgan fingerprint density at radius 1 is 1.03 bits per heavy atom. The molecule has 3 aromatic heterocycles. The molecule has 0 bridgehead atoms. The van der Waals surface area contributed by atoms with Gasteiger partial charge in [0, 0.05) is 30.9 Å². The molecule has 30 heavy (non-hydrogen) atoms. The molecule has 0 atom stereocenters. The van der Waals surface area contributed by atoms with Crippen molar-refractivity contribution in [3.05, 3.63) is 95.0 Å². The number of aryl methyl sites for hydroxylation is 1. The molecular weight excluding hydrogens is 394 g/mol. The number of furan rings is 1. The van der Waals surface area contributed by atoms with Crippen LogP contribution < -0.4 is 0 Å². The van der Waals surface area contributed by atoms with Gasteiger partial charge in [-0.1, -0.05) is 37.3 Å². The maximum absolute atomic E-state index is 13.2. The molecule has 0 aliphatic rings. The lowest BCUT2D eigenvalue weighted by Crippen LogP contribution is -2.31. The topological polar surface area (TPSA) is 59.2 Å². The second-order valence-corrected chi connectivity index (χ2v) is 7.94. The number of thiazole rings is 1. The highest BCUT2D eigenvalue weighted by molar-refractivity contribution is 7.13. The maximum atomic E-state index is 13.2. The summed E-state index contributed by atoms with van der Waals surface area (Å²) in [7, 11) is 0. The Hall–Kier alpha value is -3.25. The van der Waals surface area contributed by atoms with E-state index in [4.69, 9.17) is 4.42 Å². The molecule has 0 aliphatic heterocycles. The normalized spacial score (nSPS) is 10.8. The maximum Gasteiger partial charge on any atom is 0.229 e. The van der Waals surface area contributed by atoms with Gasteiger partial charge in [0.05, 0.1) is 18.4 Å². The van der Waals surface area contributed by atoms with Crippen molar-refractivity contribution in [2.75, 3.05) is 0 Å². The van der Waals surface area contributed by atoms with E-state index in [0.29, 0.717) is 13.1 Å². The zero-order valence-corrected chi connectivity index (χ0v) is 17.6. The summed E-state index contributed by atoms with van der Waals surface area (Å²) in [5, 5.41) is 2.71. The van der Waals surface area contributed by atoms with Gasteiger partial charge in [-0.3, -0.25) is 9.78 Å². The van der Waals surface area contributed by atoms with Gasteiger partial charge in [-0.25, -0.2) is 4.98 Å². The molecule has 1 aromatic carbocycles. The van der Waals surface area contributed by atoms with Crippen molar-refractivity contribution in [3.63, 3.8) is 0 Å². The minimum atomic E-state index is 0.0368. The second kappa shape index (κ2) is 9.50. The summed E-state index contributed by atoms with van der Waals surface area (Å²) in [6.45, 7) is 3.20. The van der Waals surface area contributed by atoms with Crippen molar-refractivity contribution in [1.82, 2.24) is 14.9 Å². The molecule has 5 nitrogen and oxygen atoms in total. The van der Waals surface area contributed by atoms with E-state index < -0.39 is 0 Å². The van der Waals surface area contributed by atoms with Crippen molar-refractivity contribution in [2.24, 2.45) is 0 Å². The lowest BCUT2D eigenvalue weighted by molar-refractivity contribution is -0.131. The molecule has 0 radical (unpaired) electrons. The number of carbonyl (C=O) groups is 1. The van der Waals surface area contributed by atoms with Crippen LogP contribution in [0.3, 0.4) is 0 Å². The molecule has 0 aliphatic carbocycles. The van der Waals surface area contributed by atoms with E-state index in [1.54, 1.807) is 18.7 Å². The summed E-state index contributed by atoms with van der Waals surface area (Å²) >= 11 is 1.49. The van der Waals surface area contributed by atoms with Gasteiger partial charge in [0.1, 0.15) is 0 Å². The molecule has 0 fully saturated rings. The quantitative estimate of drug-likeness (QED) is 0.399. The molecule has 4 aromatic rings.